The van der Waals surface area contributed by atoms with Gasteiger partial charge in [-0.15, -0.1) is 0 Å². The van der Waals surface area contributed by atoms with Crippen LogP contribution in [0.2, 0.25) is 0 Å². The minimum Gasteiger partial charge on any atom is -0.361 e. The fourth-order valence-electron chi connectivity index (χ4n) is 1.23. The van der Waals surface area contributed by atoms with E-state index in [0.29, 0.717) is 5.92 Å². The van der Waals surface area contributed by atoms with E-state index in [4.69, 9.17) is 0 Å². The van der Waals surface area contributed by atoms with Crippen LogP contribution in [0.3, 0.4) is 0 Å². The van der Waals surface area contributed by atoms with E-state index >= 15 is 0 Å². The summed E-state index contributed by atoms with van der Waals surface area (Å²) in [6.07, 6.45) is 0. The van der Waals surface area contributed by atoms with Crippen LogP contribution in [0, 0.1) is 0 Å². The van der Waals surface area contributed by atoms with Crippen molar-refractivity contribution >= 4 is 0 Å². The molecule has 0 aliphatic carbocycles. The fourth-order valence-corrected chi connectivity index (χ4v) is 1.23. The van der Waals surface area contributed by atoms with Gasteiger partial charge < -0.3 is 9.88 Å². The summed E-state index contributed by atoms with van der Waals surface area (Å²) in [5, 5.41) is 0. The van der Waals surface area contributed by atoms with Gasteiger partial charge in [-0.05, 0) is 32.1 Å². The van der Waals surface area contributed by atoms with Gasteiger partial charge in [0.05, 0.1) is 0 Å². The highest BCUT2D eigenvalue weighted by Crippen LogP contribution is 2.13. The summed E-state index contributed by atoms with van der Waals surface area (Å²) in [4.78, 5) is 5.56. The number of nitrogens with zero attached hydrogens (tertiary/aromatic N) is 1. The number of aromatic nitrogens is 1. The zero-order valence-corrected chi connectivity index (χ0v) is 8.39. The normalized spacial score (nSPS) is 11.5. The summed E-state index contributed by atoms with van der Waals surface area (Å²) in [7, 11) is 4.16. The van der Waals surface area contributed by atoms with Gasteiger partial charge in [0.25, 0.3) is 0 Å². The van der Waals surface area contributed by atoms with Crippen LogP contribution in [0.25, 0.3) is 0 Å². The minimum atomic E-state index is 0.598. The van der Waals surface area contributed by atoms with E-state index in [1.165, 1.54) is 11.4 Å². The maximum atomic E-state index is 3.40. The van der Waals surface area contributed by atoms with Crippen LogP contribution < -0.4 is 0 Å². The van der Waals surface area contributed by atoms with E-state index in [2.05, 4.69) is 50.0 Å². The number of H-pyrrole nitrogens is 1. The molecule has 0 saturated carbocycles. The van der Waals surface area contributed by atoms with Crippen molar-refractivity contribution in [3.63, 3.8) is 0 Å². The Morgan fingerprint density at radius 1 is 1.33 bits per heavy atom. The molecule has 12 heavy (non-hydrogen) atoms. The average molecular weight is 166 g/mol. The van der Waals surface area contributed by atoms with Gasteiger partial charge in [0.15, 0.2) is 0 Å². The van der Waals surface area contributed by atoms with E-state index < -0.39 is 0 Å². The zero-order valence-electron chi connectivity index (χ0n) is 8.39. The van der Waals surface area contributed by atoms with Gasteiger partial charge in [0, 0.05) is 17.9 Å². The van der Waals surface area contributed by atoms with Gasteiger partial charge in [-0.1, -0.05) is 13.8 Å². The summed E-state index contributed by atoms with van der Waals surface area (Å²) >= 11 is 0. The second-order valence-corrected chi connectivity index (χ2v) is 3.83. The minimum absolute atomic E-state index is 0.598. The van der Waals surface area contributed by atoms with Crippen LogP contribution in [-0.4, -0.2) is 24.0 Å². The van der Waals surface area contributed by atoms with Crippen molar-refractivity contribution in [2.45, 2.75) is 26.3 Å². The molecule has 0 atom stereocenters. The first-order valence-electron chi connectivity index (χ1n) is 4.42. The van der Waals surface area contributed by atoms with Gasteiger partial charge in [-0.25, -0.2) is 0 Å². The molecule has 1 rings (SSSR count). The van der Waals surface area contributed by atoms with Gasteiger partial charge >= 0.3 is 0 Å². The van der Waals surface area contributed by atoms with Crippen LogP contribution in [0.15, 0.2) is 12.1 Å². The summed E-state index contributed by atoms with van der Waals surface area (Å²) in [5.74, 6) is 0.598. The van der Waals surface area contributed by atoms with Gasteiger partial charge in [0.1, 0.15) is 0 Å². The third-order valence-corrected chi connectivity index (χ3v) is 1.88. The lowest BCUT2D eigenvalue weighted by atomic mass is 10.1. The molecule has 0 radical (unpaired) electrons. The van der Waals surface area contributed by atoms with Gasteiger partial charge in [0.2, 0.25) is 0 Å². The maximum absolute atomic E-state index is 3.40. The molecule has 1 aromatic rings. The smallest absolute Gasteiger partial charge is 0.0379 e. The Balaban J connectivity index is 2.64. The molecule has 1 heterocycles. The molecule has 2 heteroatoms. The highest BCUT2D eigenvalue weighted by molar-refractivity contribution is 5.15. The molecule has 2 nitrogen and oxygen atoms in total. The Morgan fingerprint density at radius 3 is 2.42 bits per heavy atom. The van der Waals surface area contributed by atoms with Gasteiger partial charge in [-0.3, -0.25) is 0 Å². The third kappa shape index (κ3) is 2.38. The van der Waals surface area contributed by atoms with Crippen molar-refractivity contribution in [1.82, 2.24) is 9.88 Å². The lowest BCUT2D eigenvalue weighted by molar-refractivity contribution is 0.397. The van der Waals surface area contributed by atoms with Crippen LogP contribution in [-0.2, 0) is 6.54 Å². The largest absolute Gasteiger partial charge is 0.361 e. The SMILES string of the molecule is CC(C)c1ccc(CN(C)C)[nH]1. The number of hydrogen-bond acceptors (Lipinski definition) is 1. The molecule has 0 bridgehead atoms. The Labute approximate surface area is 74.6 Å². The van der Waals surface area contributed by atoms with Crippen LogP contribution in [0.1, 0.15) is 31.2 Å². The van der Waals surface area contributed by atoms with E-state index in [9.17, 15) is 0 Å². The van der Waals surface area contributed by atoms with Crippen molar-refractivity contribution in [3.05, 3.63) is 23.5 Å². The predicted molar refractivity (Wildman–Crippen MR) is 52.3 cm³/mol. The molecule has 0 spiro atoms. The summed E-state index contributed by atoms with van der Waals surface area (Å²) < 4.78 is 0. The van der Waals surface area contributed by atoms with Crippen molar-refractivity contribution in [1.29, 1.82) is 0 Å². The maximum Gasteiger partial charge on any atom is 0.0379 e. The Bertz CT molecular complexity index is 236. The first-order valence-corrected chi connectivity index (χ1v) is 4.42. The quantitative estimate of drug-likeness (QED) is 0.729. The van der Waals surface area contributed by atoms with Crippen molar-refractivity contribution in [2.24, 2.45) is 0 Å². The lowest BCUT2D eigenvalue weighted by Gasteiger charge is -2.07. The topological polar surface area (TPSA) is 19.0 Å². The molecule has 0 aromatic carbocycles. The molecule has 1 N–H and O–H groups in total. The molecule has 0 amide bonds. The van der Waals surface area contributed by atoms with Crippen LogP contribution in [0.5, 0.6) is 0 Å². The van der Waals surface area contributed by atoms with Crippen molar-refractivity contribution in [2.75, 3.05) is 14.1 Å². The molecule has 0 fully saturated rings. The standard InChI is InChI=1S/C10H18N2/c1-8(2)10-6-5-9(11-10)7-12(3)4/h5-6,8,11H,7H2,1-4H3. The van der Waals surface area contributed by atoms with E-state index in [1.807, 2.05) is 0 Å². The molecule has 0 aliphatic rings. The fraction of sp³-hybridized carbons (Fsp3) is 0.600. The highest BCUT2D eigenvalue weighted by atomic mass is 15.1. The second-order valence-electron chi connectivity index (χ2n) is 3.83. The average Bonchev–Trinajstić information content (AvgIpc) is 2.34. The number of rotatable bonds is 3. The van der Waals surface area contributed by atoms with Crippen LogP contribution in [0.4, 0.5) is 0 Å². The molecule has 68 valence electrons. The molecule has 1 aromatic heterocycles. The number of hydrogen-bond donors (Lipinski definition) is 1. The number of nitrogens with one attached hydrogen (secondary N) is 1. The highest BCUT2D eigenvalue weighted by Gasteiger charge is 2.02. The molecule has 0 unspecified atom stereocenters. The predicted octanol–water partition coefficient (Wildman–Crippen LogP) is 2.20. The third-order valence-electron chi connectivity index (χ3n) is 1.88. The molecular formula is C10H18N2. The number of aromatic amines is 1. The summed E-state index contributed by atoms with van der Waals surface area (Å²) in [6, 6.07) is 4.33. The van der Waals surface area contributed by atoms with Crippen LogP contribution >= 0.6 is 0 Å². The zero-order chi connectivity index (χ0) is 9.14. The first-order chi connectivity index (χ1) is 5.59. The van der Waals surface area contributed by atoms with E-state index in [1.54, 1.807) is 0 Å². The Hall–Kier alpha value is -0.760. The summed E-state index contributed by atoms with van der Waals surface area (Å²) in [6.45, 7) is 5.39. The summed E-state index contributed by atoms with van der Waals surface area (Å²) in [5.41, 5.74) is 2.62. The van der Waals surface area contributed by atoms with E-state index in [-0.39, 0.29) is 0 Å². The van der Waals surface area contributed by atoms with E-state index in [0.717, 1.165) is 6.54 Å². The monoisotopic (exact) mass is 166 g/mol. The van der Waals surface area contributed by atoms with Crippen molar-refractivity contribution in [3.8, 4) is 0 Å². The van der Waals surface area contributed by atoms with Gasteiger partial charge in [-0.2, -0.15) is 0 Å². The lowest BCUT2D eigenvalue weighted by Crippen LogP contribution is -2.10. The molecule has 0 aliphatic heterocycles. The Morgan fingerprint density at radius 2 is 2.00 bits per heavy atom. The molecule has 0 saturated heterocycles. The second kappa shape index (κ2) is 3.76. The Kier molecular flexibility index (Phi) is 2.93. The molecular weight excluding hydrogens is 148 g/mol. The van der Waals surface area contributed by atoms with Crippen molar-refractivity contribution < 1.29 is 0 Å². The first kappa shape index (κ1) is 9.33.